The molecule has 112 valence electrons. The minimum Gasteiger partial charge on any atom is -0.497 e. The molecule has 21 heavy (non-hydrogen) atoms. The highest BCUT2D eigenvalue weighted by molar-refractivity contribution is 5.49. The quantitative estimate of drug-likeness (QED) is 0.826. The van der Waals surface area contributed by atoms with Crippen molar-refractivity contribution in [3.8, 4) is 11.5 Å². The van der Waals surface area contributed by atoms with Crippen LogP contribution in [-0.4, -0.2) is 29.5 Å². The van der Waals surface area contributed by atoms with Gasteiger partial charge in [-0.25, -0.2) is 0 Å². The summed E-state index contributed by atoms with van der Waals surface area (Å²) in [7, 11) is 1.70. The Kier molecular flexibility index (Phi) is 4.10. The molecule has 5 heteroatoms. The standard InChI is InChI=1S/C16H21N3O2/c1-12-8-13-9-15(20-2)10-14(16(13)21-12)11-17-5-7-19-6-3-4-18-19/h3-4,6,9-10,12,17H,5,7-8,11H2,1-2H3/t12-/m1/s1. The van der Waals surface area contributed by atoms with Crippen molar-refractivity contribution < 1.29 is 9.47 Å². The van der Waals surface area contributed by atoms with Crippen LogP contribution in [-0.2, 0) is 19.5 Å². The van der Waals surface area contributed by atoms with Gasteiger partial charge in [0.25, 0.3) is 0 Å². The summed E-state index contributed by atoms with van der Waals surface area (Å²) in [5.74, 6) is 1.92. The largest absolute Gasteiger partial charge is 0.497 e. The average molecular weight is 287 g/mol. The molecular weight excluding hydrogens is 266 g/mol. The van der Waals surface area contributed by atoms with Crippen LogP contribution in [0, 0.1) is 0 Å². The molecule has 0 spiro atoms. The molecule has 1 aromatic heterocycles. The van der Waals surface area contributed by atoms with E-state index in [0.29, 0.717) is 0 Å². The zero-order chi connectivity index (χ0) is 14.7. The van der Waals surface area contributed by atoms with Gasteiger partial charge in [0.2, 0.25) is 0 Å². The molecule has 0 aliphatic carbocycles. The first-order valence-corrected chi connectivity index (χ1v) is 7.31. The SMILES string of the molecule is COc1cc(CNCCn2cccn2)c2c(c1)C[C@@H](C)O2. The first kappa shape index (κ1) is 13.9. The molecule has 2 heterocycles. The molecule has 1 aromatic carbocycles. The minimum absolute atomic E-state index is 0.245. The maximum atomic E-state index is 5.93. The first-order chi connectivity index (χ1) is 10.3. The number of methoxy groups -OCH3 is 1. The van der Waals surface area contributed by atoms with Crippen LogP contribution >= 0.6 is 0 Å². The highest BCUT2D eigenvalue weighted by Gasteiger charge is 2.23. The number of rotatable bonds is 6. The molecule has 2 aromatic rings. The van der Waals surface area contributed by atoms with E-state index in [1.807, 2.05) is 16.9 Å². The summed E-state index contributed by atoms with van der Waals surface area (Å²) in [5.41, 5.74) is 2.40. The van der Waals surface area contributed by atoms with Crippen LogP contribution in [0.2, 0.25) is 0 Å². The van der Waals surface area contributed by atoms with E-state index >= 15 is 0 Å². The topological polar surface area (TPSA) is 48.3 Å². The smallest absolute Gasteiger partial charge is 0.127 e. The summed E-state index contributed by atoms with van der Waals surface area (Å²) in [5, 5.41) is 7.63. The number of aromatic nitrogens is 2. The number of nitrogens with one attached hydrogen (secondary N) is 1. The van der Waals surface area contributed by atoms with Crippen molar-refractivity contribution in [2.75, 3.05) is 13.7 Å². The van der Waals surface area contributed by atoms with Crippen molar-refractivity contribution in [3.63, 3.8) is 0 Å². The Morgan fingerprint density at radius 3 is 3.14 bits per heavy atom. The van der Waals surface area contributed by atoms with Gasteiger partial charge in [-0.3, -0.25) is 4.68 Å². The van der Waals surface area contributed by atoms with Crippen LogP contribution in [0.1, 0.15) is 18.1 Å². The maximum Gasteiger partial charge on any atom is 0.127 e. The second-order valence-electron chi connectivity index (χ2n) is 5.35. The second kappa shape index (κ2) is 6.18. The highest BCUT2D eigenvalue weighted by atomic mass is 16.5. The van der Waals surface area contributed by atoms with Crippen LogP contribution in [0.15, 0.2) is 30.6 Å². The zero-order valence-electron chi connectivity index (χ0n) is 12.5. The van der Waals surface area contributed by atoms with Crippen molar-refractivity contribution >= 4 is 0 Å². The van der Waals surface area contributed by atoms with E-state index in [2.05, 4.69) is 29.5 Å². The van der Waals surface area contributed by atoms with Gasteiger partial charge < -0.3 is 14.8 Å². The van der Waals surface area contributed by atoms with Gasteiger partial charge in [0.15, 0.2) is 0 Å². The second-order valence-corrected chi connectivity index (χ2v) is 5.35. The van der Waals surface area contributed by atoms with Crippen molar-refractivity contribution in [2.45, 2.75) is 32.5 Å². The van der Waals surface area contributed by atoms with Gasteiger partial charge >= 0.3 is 0 Å². The fourth-order valence-electron chi connectivity index (χ4n) is 2.68. The summed E-state index contributed by atoms with van der Waals surface area (Å²) in [6.07, 6.45) is 4.96. The predicted molar refractivity (Wildman–Crippen MR) is 80.7 cm³/mol. The lowest BCUT2D eigenvalue weighted by molar-refractivity contribution is 0.252. The third-order valence-electron chi connectivity index (χ3n) is 3.67. The van der Waals surface area contributed by atoms with Crippen molar-refractivity contribution in [2.24, 2.45) is 0 Å². The molecule has 0 saturated carbocycles. The molecule has 1 aliphatic heterocycles. The van der Waals surface area contributed by atoms with E-state index in [0.717, 1.165) is 43.1 Å². The van der Waals surface area contributed by atoms with Crippen molar-refractivity contribution in [1.29, 1.82) is 0 Å². The average Bonchev–Trinajstić information content (AvgIpc) is 3.11. The summed E-state index contributed by atoms with van der Waals surface area (Å²) < 4.78 is 13.2. The van der Waals surface area contributed by atoms with E-state index < -0.39 is 0 Å². The summed E-state index contributed by atoms with van der Waals surface area (Å²) in [4.78, 5) is 0. The van der Waals surface area contributed by atoms with Crippen molar-refractivity contribution in [3.05, 3.63) is 41.7 Å². The molecule has 0 saturated heterocycles. The molecule has 1 aliphatic rings. The molecule has 1 atom stereocenters. The molecule has 5 nitrogen and oxygen atoms in total. The van der Waals surface area contributed by atoms with Crippen LogP contribution in [0.25, 0.3) is 0 Å². The van der Waals surface area contributed by atoms with Crippen molar-refractivity contribution in [1.82, 2.24) is 15.1 Å². The number of benzene rings is 1. The Balaban J connectivity index is 1.63. The van der Waals surface area contributed by atoms with Gasteiger partial charge in [0.1, 0.15) is 17.6 Å². The molecule has 0 radical (unpaired) electrons. The van der Waals surface area contributed by atoms with E-state index in [1.54, 1.807) is 13.3 Å². The Hall–Kier alpha value is -2.01. The third-order valence-corrected chi connectivity index (χ3v) is 3.67. The molecule has 0 unspecified atom stereocenters. The van der Waals surface area contributed by atoms with Gasteiger partial charge in [-0.05, 0) is 25.1 Å². The van der Waals surface area contributed by atoms with Crippen LogP contribution in [0.5, 0.6) is 11.5 Å². The van der Waals surface area contributed by atoms with E-state index in [-0.39, 0.29) is 6.10 Å². The van der Waals surface area contributed by atoms with E-state index in [1.165, 1.54) is 5.56 Å². The molecule has 0 fully saturated rings. The fourth-order valence-corrected chi connectivity index (χ4v) is 2.68. The number of hydrogen-bond acceptors (Lipinski definition) is 4. The Morgan fingerprint density at radius 1 is 1.48 bits per heavy atom. The lowest BCUT2D eigenvalue weighted by atomic mass is 10.1. The van der Waals surface area contributed by atoms with Gasteiger partial charge in [0.05, 0.1) is 13.7 Å². The van der Waals surface area contributed by atoms with Gasteiger partial charge in [-0.2, -0.15) is 5.10 Å². The van der Waals surface area contributed by atoms with Gasteiger partial charge in [-0.1, -0.05) is 0 Å². The Morgan fingerprint density at radius 2 is 2.38 bits per heavy atom. The summed E-state index contributed by atoms with van der Waals surface area (Å²) in [6.45, 7) is 4.59. The minimum atomic E-state index is 0.245. The zero-order valence-corrected chi connectivity index (χ0v) is 12.5. The molecule has 3 rings (SSSR count). The van der Waals surface area contributed by atoms with Crippen LogP contribution < -0.4 is 14.8 Å². The predicted octanol–water partition coefficient (Wildman–Crippen LogP) is 2.00. The normalized spacial score (nSPS) is 16.6. The molecule has 0 amide bonds. The summed E-state index contributed by atoms with van der Waals surface area (Å²) >= 11 is 0. The van der Waals surface area contributed by atoms with Crippen LogP contribution in [0.4, 0.5) is 0 Å². The highest BCUT2D eigenvalue weighted by Crippen LogP contribution is 2.36. The van der Waals surface area contributed by atoms with E-state index in [4.69, 9.17) is 9.47 Å². The molecule has 1 N–H and O–H groups in total. The lowest BCUT2D eigenvalue weighted by Crippen LogP contribution is -2.20. The fraction of sp³-hybridized carbons (Fsp3) is 0.438. The number of nitrogens with zero attached hydrogens (tertiary/aromatic N) is 2. The van der Waals surface area contributed by atoms with E-state index in [9.17, 15) is 0 Å². The number of ether oxygens (including phenoxy) is 2. The van der Waals surface area contributed by atoms with Gasteiger partial charge in [-0.15, -0.1) is 0 Å². The monoisotopic (exact) mass is 287 g/mol. The number of fused-ring (bicyclic) bond motifs is 1. The maximum absolute atomic E-state index is 5.93. The molecule has 0 bridgehead atoms. The first-order valence-electron chi connectivity index (χ1n) is 7.31. The number of hydrogen-bond donors (Lipinski definition) is 1. The Bertz CT molecular complexity index is 596. The molecular formula is C16H21N3O2. The summed E-state index contributed by atoms with van der Waals surface area (Å²) in [6, 6.07) is 6.06. The lowest BCUT2D eigenvalue weighted by Gasteiger charge is -2.12. The Labute approximate surface area is 124 Å². The van der Waals surface area contributed by atoms with Gasteiger partial charge in [0, 0.05) is 43.0 Å². The third kappa shape index (κ3) is 3.19. The van der Waals surface area contributed by atoms with Crippen LogP contribution in [0.3, 0.4) is 0 Å².